The van der Waals surface area contributed by atoms with Crippen molar-refractivity contribution in [2.45, 2.75) is 46.5 Å². The second-order valence-corrected chi connectivity index (χ2v) is 12.4. The summed E-state index contributed by atoms with van der Waals surface area (Å²) in [6.07, 6.45) is 1.19. The van der Waals surface area contributed by atoms with Gasteiger partial charge in [0.25, 0.3) is 0 Å². The molecule has 0 unspecified atom stereocenters. The van der Waals surface area contributed by atoms with Crippen molar-refractivity contribution in [2.75, 3.05) is 13.7 Å². The number of fused-ring (bicyclic) bond motifs is 1. The average molecular weight is 643 g/mol. The highest BCUT2D eigenvalue weighted by Gasteiger charge is 2.28. The first kappa shape index (κ1) is 32.8. The molecule has 3 aromatic carbocycles. The third kappa shape index (κ3) is 6.95. The maximum absolute atomic E-state index is 15.0. The van der Waals surface area contributed by atoms with E-state index in [9.17, 15) is 9.59 Å². The number of hydrogen-bond acceptors (Lipinski definition) is 6. The topological polar surface area (TPSA) is 60.8 Å². The number of hydrogen-bond donors (Lipinski definition) is 0. The molecule has 0 N–H and O–H groups in total. The molecule has 0 spiro atoms. The number of halogens is 2. The molecule has 5 rings (SSSR count). The van der Waals surface area contributed by atoms with Crippen LogP contribution in [0, 0.1) is 18.6 Å². The summed E-state index contributed by atoms with van der Waals surface area (Å²) >= 11 is 1.35. The molecule has 0 aliphatic heterocycles. The van der Waals surface area contributed by atoms with Crippen LogP contribution >= 0.6 is 11.3 Å². The second-order valence-electron chi connectivity index (χ2n) is 11.4. The Labute approximate surface area is 271 Å². The molecule has 0 atom stereocenters. The number of rotatable bonds is 12. The van der Waals surface area contributed by atoms with E-state index >= 15 is 8.78 Å². The number of thiophene rings is 1. The van der Waals surface area contributed by atoms with E-state index in [0.717, 1.165) is 16.0 Å². The Bertz CT molecular complexity index is 1910. The van der Waals surface area contributed by atoms with E-state index in [2.05, 4.69) is 11.5 Å². The van der Waals surface area contributed by atoms with Crippen molar-refractivity contribution in [3.63, 3.8) is 0 Å². The Morgan fingerprint density at radius 3 is 2.28 bits per heavy atom. The van der Waals surface area contributed by atoms with Crippen LogP contribution in [0.2, 0.25) is 0 Å². The molecular formula is C37H36F2N2O4S. The fraction of sp³-hybridized carbons (Fsp3) is 0.243. The van der Waals surface area contributed by atoms with E-state index in [1.165, 1.54) is 29.5 Å². The zero-order valence-corrected chi connectivity index (χ0v) is 27.1. The molecule has 9 heteroatoms. The van der Waals surface area contributed by atoms with Crippen LogP contribution in [0.25, 0.3) is 20.7 Å². The van der Waals surface area contributed by atoms with E-state index in [1.807, 2.05) is 61.6 Å². The van der Waals surface area contributed by atoms with E-state index in [1.54, 1.807) is 31.4 Å². The lowest BCUT2D eigenvalue weighted by atomic mass is 10.0. The number of esters is 1. The van der Waals surface area contributed by atoms with Gasteiger partial charge in [-0.05, 0) is 80.9 Å². The van der Waals surface area contributed by atoms with Gasteiger partial charge in [-0.1, -0.05) is 49.1 Å². The number of aromatic nitrogens is 1. The van der Waals surface area contributed by atoms with Crippen molar-refractivity contribution >= 4 is 27.5 Å². The lowest BCUT2D eigenvalue weighted by Gasteiger charge is -2.19. The van der Waals surface area contributed by atoms with Crippen molar-refractivity contribution in [2.24, 2.45) is 0 Å². The summed E-state index contributed by atoms with van der Waals surface area (Å²) in [4.78, 5) is 31.2. The molecule has 0 bridgehead atoms. The first-order valence-corrected chi connectivity index (χ1v) is 15.8. The van der Waals surface area contributed by atoms with Crippen LogP contribution in [0.4, 0.5) is 8.78 Å². The Morgan fingerprint density at radius 2 is 1.65 bits per heavy atom. The lowest BCUT2D eigenvalue weighted by molar-refractivity contribution is 0.0374. The predicted octanol–water partition coefficient (Wildman–Crippen LogP) is 8.13. The predicted molar refractivity (Wildman–Crippen MR) is 180 cm³/mol. The van der Waals surface area contributed by atoms with Gasteiger partial charge in [-0.15, -0.1) is 11.3 Å². The third-order valence-electron chi connectivity index (χ3n) is 7.59. The van der Waals surface area contributed by atoms with Gasteiger partial charge in [0.2, 0.25) is 5.43 Å². The van der Waals surface area contributed by atoms with Crippen molar-refractivity contribution < 1.29 is 23.0 Å². The maximum atomic E-state index is 15.0. The number of carbonyl (C=O) groups excluding carboxylic acids is 1. The summed E-state index contributed by atoms with van der Waals surface area (Å²) in [5, 5.41) is 0.324. The monoisotopic (exact) mass is 642 g/mol. The van der Waals surface area contributed by atoms with Gasteiger partial charge >= 0.3 is 5.97 Å². The van der Waals surface area contributed by atoms with Crippen LogP contribution < -0.4 is 10.2 Å². The van der Waals surface area contributed by atoms with Crippen LogP contribution in [0.3, 0.4) is 0 Å². The molecule has 0 saturated heterocycles. The lowest BCUT2D eigenvalue weighted by Crippen LogP contribution is -2.27. The molecular weight excluding hydrogens is 606 g/mol. The second kappa shape index (κ2) is 14.2. The van der Waals surface area contributed by atoms with Crippen LogP contribution in [0.5, 0.6) is 5.75 Å². The summed E-state index contributed by atoms with van der Waals surface area (Å²) in [7, 11) is 1.96. The summed E-state index contributed by atoms with van der Waals surface area (Å²) in [6, 6.07) is 21.2. The van der Waals surface area contributed by atoms with Gasteiger partial charge in [-0.2, -0.15) is 0 Å². The minimum absolute atomic E-state index is 0.151. The fourth-order valence-electron chi connectivity index (χ4n) is 5.46. The molecule has 2 aromatic heterocycles. The van der Waals surface area contributed by atoms with Crippen LogP contribution in [0.15, 0.2) is 90.2 Å². The maximum Gasteiger partial charge on any atom is 0.344 e. The highest BCUT2D eigenvalue weighted by molar-refractivity contribution is 7.22. The zero-order valence-electron chi connectivity index (χ0n) is 26.3. The van der Waals surface area contributed by atoms with Crippen molar-refractivity contribution in [3.05, 3.63) is 135 Å². The number of carbonyl (C=O) groups is 1. The molecule has 2 heterocycles. The molecule has 5 aromatic rings. The van der Waals surface area contributed by atoms with Gasteiger partial charge in [0.15, 0.2) is 0 Å². The summed E-state index contributed by atoms with van der Waals surface area (Å²) in [5.41, 5.74) is 2.13. The largest absolute Gasteiger partial charge is 0.490 e. The molecule has 0 amide bonds. The van der Waals surface area contributed by atoms with Crippen molar-refractivity contribution in [3.8, 4) is 16.2 Å². The van der Waals surface area contributed by atoms with E-state index < -0.39 is 29.1 Å². The first-order valence-electron chi connectivity index (χ1n) is 15.0. The summed E-state index contributed by atoms with van der Waals surface area (Å²) < 4.78 is 42.9. The Morgan fingerprint density at radius 1 is 0.978 bits per heavy atom. The smallest absolute Gasteiger partial charge is 0.344 e. The molecule has 0 fully saturated rings. The number of nitrogens with zero attached hydrogens (tertiary/aromatic N) is 2. The highest BCUT2D eigenvalue weighted by Crippen LogP contribution is 2.40. The normalized spacial score (nSPS) is 11.4. The average Bonchev–Trinajstić information content (AvgIpc) is 3.38. The molecule has 46 heavy (non-hydrogen) atoms. The van der Waals surface area contributed by atoms with Crippen molar-refractivity contribution in [1.82, 2.24) is 9.47 Å². The number of ether oxygens (including phenoxy) is 2. The Kier molecular flexibility index (Phi) is 10.1. The van der Waals surface area contributed by atoms with Gasteiger partial charge < -0.3 is 14.0 Å². The van der Waals surface area contributed by atoms with Crippen molar-refractivity contribution in [1.29, 1.82) is 0 Å². The standard InChI is InChI=1S/C37H36F2N2O4S/c1-6-19-44-27-17-15-26(16-18-27)35-29(21-40(5)20-25-11-8-7-9-12-25)33-34(42)32(37(43)45-23(2)3)24(4)41(36(33)46-35)22-28-30(38)13-10-14-31(28)39/h6-18,23H,1,19-22H2,2-5H3. The summed E-state index contributed by atoms with van der Waals surface area (Å²) in [6.45, 7) is 9.82. The van der Waals surface area contributed by atoms with Crippen LogP contribution in [-0.2, 0) is 24.4 Å². The highest BCUT2D eigenvalue weighted by atomic mass is 32.1. The van der Waals surface area contributed by atoms with Gasteiger partial charge in [-0.3, -0.25) is 9.69 Å². The molecule has 0 aliphatic carbocycles. The zero-order chi connectivity index (χ0) is 33.0. The van der Waals surface area contributed by atoms with E-state index in [0.29, 0.717) is 41.2 Å². The minimum Gasteiger partial charge on any atom is -0.490 e. The molecule has 0 saturated carbocycles. The fourth-order valence-corrected chi connectivity index (χ4v) is 6.83. The van der Waals surface area contributed by atoms with Crippen LogP contribution in [0.1, 0.15) is 46.6 Å². The van der Waals surface area contributed by atoms with Gasteiger partial charge in [-0.25, -0.2) is 13.6 Å². The molecule has 0 aliphatic rings. The molecule has 0 radical (unpaired) electrons. The van der Waals surface area contributed by atoms with Gasteiger partial charge in [0, 0.05) is 29.2 Å². The molecule has 6 nitrogen and oxygen atoms in total. The Hall–Kier alpha value is -4.60. The quantitative estimate of drug-likeness (QED) is 0.102. The van der Waals surface area contributed by atoms with Gasteiger partial charge in [0.05, 0.1) is 18.0 Å². The SMILES string of the molecule is C=CCOc1ccc(-c2sc3c(c2CN(C)Cc2ccccc2)c(=O)c(C(=O)OC(C)C)c(C)n3Cc2c(F)cccc2F)cc1. The first-order chi connectivity index (χ1) is 22.1. The summed E-state index contributed by atoms with van der Waals surface area (Å²) in [5.74, 6) is -1.54. The third-order valence-corrected chi connectivity index (χ3v) is 8.89. The molecule has 238 valence electrons. The number of benzene rings is 3. The van der Waals surface area contributed by atoms with Crippen LogP contribution in [-0.4, -0.2) is 35.2 Å². The Balaban J connectivity index is 1.77. The van der Waals surface area contributed by atoms with E-state index in [4.69, 9.17) is 9.47 Å². The number of pyridine rings is 1. The van der Waals surface area contributed by atoms with E-state index in [-0.39, 0.29) is 23.4 Å². The van der Waals surface area contributed by atoms with Gasteiger partial charge in [0.1, 0.15) is 34.4 Å². The minimum atomic E-state index is -0.776.